The van der Waals surface area contributed by atoms with Crippen molar-refractivity contribution in [3.05, 3.63) is 29.6 Å². The number of amides is 1. The smallest absolute Gasteiger partial charge is 0.333 e. The van der Waals surface area contributed by atoms with E-state index < -0.39 is 11.7 Å². The van der Waals surface area contributed by atoms with Gasteiger partial charge in [-0.3, -0.25) is 9.78 Å². The molecule has 2 heterocycles. The van der Waals surface area contributed by atoms with Crippen LogP contribution in [0.1, 0.15) is 42.2 Å². The summed E-state index contributed by atoms with van der Waals surface area (Å²) in [7, 11) is 0. The molecule has 21 heavy (non-hydrogen) atoms. The van der Waals surface area contributed by atoms with E-state index in [4.69, 9.17) is 5.73 Å². The van der Waals surface area contributed by atoms with Crippen LogP contribution in [0, 0.1) is 0 Å². The van der Waals surface area contributed by atoms with Crippen LogP contribution in [0.15, 0.2) is 18.3 Å². The summed E-state index contributed by atoms with van der Waals surface area (Å²) in [5, 5.41) is 0. The van der Waals surface area contributed by atoms with Crippen molar-refractivity contribution in [2.24, 2.45) is 5.73 Å². The van der Waals surface area contributed by atoms with Crippen molar-refractivity contribution in [2.75, 3.05) is 6.54 Å². The van der Waals surface area contributed by atoms with Crippen LogP contribution in [-0.4, -0.2) is 34.4 Å². The molecule has 0 aromatic carbocycles. The zero-order valence-electron chi connectivity index (χ0n) is 11.7. The number of alkyl halides is 3. The van der Waals surface area contributed by atoms with E-state index in [1.54, 1.807) is 4.90 Å². The molecule has 1 amide bonds. The van der Waals surface area contributed by atoms with Crippen LogP contribution in [0.3, 0.4) is 0 Å². The molecule has 0 spiro atoms. The van der Waals surface area contributed by atoms with Gasteiger partial charge in [-0.25, -0.2) is 0 Å². The highest BCUT2D eigenvalue weighted by atomic mass is 19.4. The maximum Gasteiger partial charge on any atom is 0.417 e. The Kier molecular flexibility index (Phi) is 4.51. The number of carbonyl (C=O) groups is 1. The molecule has 1 saturated heterocycles. The summed E-state index contributed by atoms with van der Waals surface area (Å²) < 4.78 is 37.5. The van der Waals surface area contributed by atoms with Gasteiger partial charge in [0.05, 0.1) is 5.56 Å². The standard InChI is InChI=1S/C14H18F3N3O/c1-9(18)12-4-2-3-7-20(12)13(21)11-6-5-10(8-19-11)14(15,16)17/h5-6,8-9,12H,2-4,7,18H2,1H3. The second-order valence-corrected chi connectivity index (χ2v) is 5.35. The summed E-state index contributed by atoms with van der Waals surface area (Å²) in [6, 6.07) is 1.74. The number of hydrogen-bond acceptors (Lipinski definition) is 3. The van der Waals surface area contributed by atoms with Crippen LogP contribution in [0.5, 0.6) is 0 Å². The highest BCUT2D eigenvalue weighted by Crippen LogP contribution is 2.28. The summed E-state index contributed by atoms with van der Waals surface area (Å²) in [5.74, 6) is -0.356. The Bertz CT molecular complexity index is 499. The summed E-state index contributed by atoms with van der Waals surface area (Å²) >= 11 is 0. The van der Waals surface area contributed by atoms with E-state index in [0.29, 0.717) is 12.7 Å². The molecule has 2 N–H and O–H groups in total. The normalized spacial score (nSPS) is 21.2. The third kappa shape index (κ3) is 3.53. The number of carbonyl (C=O) groups excluding carboxylic acids is 1. The molecule has 116 valence electrons. The van der Waals surface area contributed by atoms with Crippen molar-refractivity contribution in [3.63, 3.8) is 0 Å². The molecular weight excluding hydrogens is 283 g/mol. The monoisotopic (exact) mass is 301 g/mol. The van der Waals surface area contributed by atoms with Gasteiger partial charge in [0.25, 0.3) is 5.91 Å². The molecule has 0 bridgehead atoms. The SMILES string of the molecule is CC(N)C1CCCCN1C(=O)c1ccc(C(F)(F)F)cn1. The van der Waals surface area contributed by atoms with Crippen molar-refractivity contribution in [3.8, 4) is 0 Å². The zero-order chi connectivity index (χ0) is 15.6. The maximum atomic E-state index is 12.5. The van der Waals surface area contributed by atoms with E-state index in [9.17, 15) is 18.0 Å². The lowest BCUT2D eigenvalue weighted by molar-refractivity contribution is -0.137. The first-order valence-electron chi connectivity index (χ1n) is 6.90. The molecule has 2 unspecified atom stereocenters. The number of rotatable bonds is 2. The fraction of sp³-hybridized carbons (Fsp3) is 0.571. The van der Waals surface area contributed by atoms with Crippen LogP contribution in [-0.2, 0) is 6.18 Å². The average Bonchev–Trinajstić information content (AvgIpc) is 2.45. The van der Waals surface area contributed by atoms with Gasteiger partial charge in [-0.2, -0.15) is 13.2 Å². The molecule has 0 radical (unpaired) electrons. The van der Waals surface area contributed by atoms with E-state index in [1.165, 1.54) is 0 Å². The summed E-state index contributed by atoms with van der Waals surface area (Å²) in [6.45, 7) is 2.39. The van der Waals surface area contributed by atoms with Crippen molar-refractivity contribution >= 4 is 5.91 Å². The number of pyridine rings is 1. The van der Waals surface area contributed by atoms with Crippen molar-refractivity contribution in [1.29, 1.82) is 0 Å². The molecular formula is C14H18F3N3O. The maximum absolute atomic E-state index is 12.5. The molecule has 2 atom stereocenters. The minimum absolute atomic E-state index is 0.0237. The number of piperidine rings is 1. The molecule has 1 fully saturated rings. The minimum Gasteiger partial charge on any atom is -0.333 e. The fourth-order valence-corrected chi connectivity index (χ4v) is 2.59. The lowest BCUT2D eigenvalue weighted by Crippen LogP contribution is -2.51. The van der Waals surface area contributed by atoms with Crippen LogP contribution in [0.25, 0.3) is 0 Å². The quantitative estimate of drug-likeness (QED) is 0.912. The van der Waals surface area contributed by atoms with E-state index in [2.05, 4.69) is 4.98 Å². The first-order valence-corrected chi connectivity index (χ1v) is 6.90. The average molecular weight is 301 g/mol. The van der Waals surface area contributed by atoms with E-state index in [-0.39, 0.29) is 23.7 Å². The van der Waals surface area contributed by atoms with Gasteiger partial charge in [-0.05, 0) is 38.3 Å². The van der Waals surface area contributed by atoms with Gasteiger partial charge in [-0.15, -0.1) is 0 Å². The number of nitrogens with two attached hydrogens (primary N) is 1. The van der Waals surface area contributed by atoms with Crippen molar-refractivity contribution in [1.82, 2.24) is 9.88 Å². The molecule has 0 aliphatic carbocycles. The highest BCUT2D eigenvalue weighted by Gasteiger charge is 2.33. The highest BCUT2D eigenvalue weighted by molar-refractivity contribution is 5.92. The molecule has 1 aromatic heterocycles. The Morgan fingerprint density at radius 3 is 2.67 bits per heavy atom. The van der Waals surface area contributed by atoms with Crippen molar-refractivity contribution in [2.45, 2.75) is 44.4 Å². The molecule has 2 rings (SSSR count). The molecule has 1 aromatic rings. The Morgan fingerprint density at radius 2 is 2.14 bits per heavy atom. The molecule has 1 aliphatic heterocycles. The predicted octanol–water partition coefficient (Wildman–Crippen LogP) is 2.44. The van der Waals surface area contributed by atoms with Gasteiger partial charge in [0.1, 0.15) is 5.69 Å². The fourth-order valence-electron chi connectivity index (χ4n) is 2.59. The molecule has 7 heteroatoms. The van der Waals surface area contributed by atoms with Crippen LogP contribution in [0.2, 0.25) is 0 Å². The Labute approximate surface area is 121 Å². The Morgan fingerprint density at radius 1 is 1.43 bits per heavy atom. The van der Waals surface area contributed by atoms with Crippen LogP contribution >= 0.6 is 0 Å². The number of hydrogen-bond donors (Lipinski definition) is 1. The van der Waals surface area contributed by atoms with Gasteiger partial charge < -0.3 is 10.6 Å². The summed E-state index contributed by atoms with van der Waals surface area (Å²) in [5.41, 5.74) is 5.06. The van der Waals surface area contributed by atoms with Crippen LogP contribution in [0.4, 0.5) is 13.2 Å². The first-order chi connectivity index (χ1) is 9.80. The second kappa shape index (κ2) is 6.01. The predicted molar refractivity (Wildman–Crippen MR) is 71.6 cm³/mol. The molecule has 1 aliphatic rings. The van der Waals surface area contributed by atoms with Gasteiger partial charge in [0.15, 0.2) is 0 Å². The van der Waals surface area contributed by atoms with Crippen LogP contribution < -0.4 is 5.73 Å². The summed E-state index contributed by atoms with van der Waals surface area (Å²) in [6.07, 6.45) is -1.08. The second-order valence-electron chi connectivity index (χ2n) is 5.35. The number of likely N-dealkylation sites (tertiary alicyclic amines) is 1. The zero-order valence-corrected chi connectivity index (χ0v) is 11.7. The number of nitrogens with zero attached hydrogens (tertiary/aromatic N) is 2. The topological polar surface area (TPSA) is 59.2 Å². The largest absolute Gasteiger partial charge is 0.417 e. The Hall–Kier alpha value is -1.63. The molecule has 4 nitrogen and oxygen atoms in total. The minimum atomic E-state index is -4.45. The lowest BCUT2D eigenvalue weighted by Gasteiger charge is -2.37. The third-order valence-electron chi connectivity index (χ3n) is 3.73. The van der Waals surface area contributed by atoms with Gasteiger partial charge in [0.2, 0.25) is 0 Å². The Balaban J connectivity index is 2.19. The van der Waals surface area contributed by atoms with E-state index >= 15 is 0 Å². The van der Waals surface area contributed by atoms with Gasteiger partial charge in [0, 0.05) is 24.8 Å². The first kappa shape index (κ1) is 15.8. The lowest BCUT2D eigenvalue weighted by atomic mass is 9.96. The number of halogens is 3. The summed E-state index contributed by atoms with van der Waals surface area (Å²) in [4.78, 5) is 17.7. The molecule has 0 saturated carbocycles. The van der Waals surface area contributed by atoms with E-state index in [0.717, 1.165) is 31.4 Å². The number of aromatic nitrogens is 1. The van der Waals surface area contributed by atoms with Gasteiger partial charge in [-0.1, -0.05) is 0 Å². The van der Waals surface area contributed by atoms with E-state index in [1.807, 2.05) is 6.92 Å². The third-order valence-corrected chi connectivity index (χ3v) is 3.73. The van der Waals surface area contributed by atoms with Crippen molar-refractivity contribution < 1.29 is 18.0 Å². The van der Waals surface area contributed by atoms with Gasteiger partial charge >= 0.3 is 6.18 Å².